The minimum atomic E-state index is -1.15. The van der Waals surface area contributed by atoms with Gasteiger partial charge in [0.05, 0.1) is 0 Å². The molecular weight excluding hydrogens is 538 g/mol. The molecule has 1 aromatic carbocycles. The van der Waals surface area contributed by atoms with E-state index in [0.29, 0.717) is 24.8 Å². The summed E-state index contributed by atoms with van der Waals surface area (Å²) in [6.07, 6.45) is -1.05. The summed E-state index contributed by atoms with van der Waals surface area (Å²) in [7, 11) is 0. The average Bonchev–Trinajstić information content (AvgIpc) is 2.87. The summed E-state index contributed by atoms with van der Waals surface area (Å²) in [4.78, 5) is 48.5. The molecule has 0 aliphatic carbocycles. The van der Waals surface area contributed by atoms with E-state index in [-0.39, 0.29) is 36.7 Å². The molecule has 0 heterocycles. The minimum absolute atomic E-state index is 0.0325. The molecule has 1 rings (SSSR count). The molecule has 1 aromatic rings. The number of ether oxygens (including phenoxy) is 6. The van der Waals surface area contributed by atoms with Gasteiger partial charge in [-0.25, -0.2) is 14.4 Å². The van der Waals surface area contributed by atoms with Crippen molar-refractivity contribution in [1.82, 2.24) is 5.32 Å². The Morgan fingerprint density at radius 2 is 1.24 bits per heavy atom. The minimum Gasteiger partial charge on any atom is -0.480 e. The van der Waals surface area contributed by atoms with Gasteiger partial charge in [-0.2, -0.15) is 0 Å². The van der Waals surface area contributed by atoms with Crippen LogP contribution in [0.1, 0.15) is 86.1 Å². The quantitative estimate of drug-likeness (QED) is 0.125. The predicted octanol–water partition coefficient (Wildman–Crippen LogP) is 6.02. The Bertz CT molecular complexity index is 984. The van der Waals surface area contributed by atoms with Crippen LogP contribution in [0.2, 0.25) is 0 Å². The normalized spacial score (nSPS) is 14.5. The number of carbonyl (C=O) groups is 4. The molecule has 0 radical (unpaired) electrons. The van der Waals surface area contributed by atoms with Crippen molar-refractivity contribution in [2.45, 2.75) is 117 Å². The van der Waals surface area contributed by atoms with Crippen molar-refractivity contribution in [1.29, 1.82) is 0 Å². The van der Waals surface area contributed by atoms with Crippen LogP contribution in [0, 0.1) is 0 Å². The van der Waals surface area contributed by atoms with E-state index in [9.17, 15) is 24.3 Å². The van der Waals surface area contributed by atoms with Crippen LogP contribution in [0.5, 0.6) is 11.5 Å². The fourth-order valence-corrected chi connectivity index (χ4v) is 3.60. The monoisotopic (exact) mass is 583 g/mol. The van der Waals surface area contributed by atoms with Crippen molar-refractivity contribution in [3.05, 3.63) is 23.8 Å². The van der Waals surface area contributed by atoms with Crippen LogP contribution in [-0.4, -0.2) is 66.5 Å². The summed E-state index contributed by atoms with van der Waals surface area (Å²) in [5, 5.41) is 12.6. The topological polar surface area (TPSA) is 156 Å². The molecule has 0 aliphatic heterocycles. The van der Waals surface area contributed by atoms with Crippen molar-refractivity contribution in [2.75, 3.05) is 6.54 Å². The fourth-order valence-electron chi connectivity index (χ4n) is 3.60. The summed E-state index contributed by atoms with van der Waals surface area (Å²) in [5.74, 6) is -1.38. The molecule has 0 spiro atoms. The van der Waals surface area contributed by atoms with Gasteiger partial charge in [0.25, 0.3) is 0 Å². The van der Waals surface area contributed by atoms with Crippen molar-refractivity contribution >= 4 is 24.4 Å². The summed E-state index contributed by atoms with van der Waals surface area (Å²) < 4.78 is 31.3. The number of rotatable bonds is 17. The van der Waals surface area contributed by atoms with Crippen molar-refractivity contribution in [3.8, 4) is 11.5 Å². The maximum Gasteiger partial charge on any atom is 0.514 e. The third-order valence-corrected chi connectivity index (χ3v) is 5.94. The molecule has 0 fully saturated rings. The zero-order valence-corrected chi connectivity index (χ0v) is 25.1. The van der Waals surface area contributed by atoms with Crippen molar-refractivity contribution in [2.24, 2.45) is 0 Å². The van der Waals surface area contributed by atoms with Crippen molar-refractivity contribution < 1.29 is 52.7 Å². The lowest BCUT2D eigenvalue weighted by molar-refractivity contribution is -0.139. The molecule has 0 saturated heterocycles. The van der Waals surface area contributed by atoms with Gasteiger partial charge in [0.2, 0.25) is 0 Å². The van der Waals surface area contributed by atoms with Gasteiger partial charge in [-0.3, -0.25) is 4.79 Å². The van der Waals surface area contributed by atoms with E-state index in [1.807, 2.05) is 20.8 Å². The van der Waals surface area contributed by atoms with E-state index in [0.717, 1.165) is 12.8 Å². The maximum absolute atomic E-state index is 12.4. The highest BCUT2D eigenvalue weighted by molar-refractivity contribution is 5.74. The van der Waals surface area contributed by atoms with E-state index in [1.165, 1.54) is 18.2 Å². The number of benzene rings is 1. The third-order valence-electron chi connectivity index (χ3n) is 5.94. The standard InChI is InChI=1S/C29H45NO11/c1-8-11-19(5)37-28(34)40-24-14-13-22(16-25(24)41-29(35)38-20(6)12-9-2)15-23(26(31)32)30-17-21(7)39-27(33)36-18(4)10-3/h13-14,16,18-21,23,30H,8-12,15,17H2,1-7H3,(H,31,32)/t18?,19?,20?,21?,23-/m0/s1. The molecular formula is C29H45NO11. The van der Waals surface area contributed by atoms with Gasteiger partial charge in [-0.15, -0.1) is 0 Å². The smallest absolute Gasteiger partial charge is 0.480 e. The number of carbonyl (C=O) groups excluding carboxylic acids is 3. The van der Waals surface area contributed by atoms with Crippen LogP contribution in [0.15, 0.2) is 18.2 Å². The van der Waals surface area contributed by atoms with E-state index >= 15 is 0 Å². The molecule has 2 N–H and O–H groups in total. The molecule has 12 heteroatoms. The Kier molecular flexibility index (Phi) is 16.2. The number of nitrogens with one attached hydrogen (secondary N) is 1. The number of carboxylic acids is 1. The SMILES string of the molecule is CCCC(C)OC(=O)Oc1ccc(C[C@H](NCC(C)OC(=O)OC(C)CC)C(=O)O)cc1OC(=O)OC(C)CCC. The van der Waals surface area contributed by atoms with E-state index < -0.39 is 42.7 Å². The molecule has 232 valence electrons. The van der Waals surface area contributed by atoms with Gasteiger partial charge in [0.1, 0.15) is 30.5 Å². The first-order valence-corrected chi connectivity index (χ1v) is 14.1. The van der Waals surface area contributed by atoms with Gasteiger partial charge in [-0.05, 0) is 71.1 Å². The van der Waals surface area contributed by atoms with Crippen LogP contribution >= 0.6 is 0 Å². The number of hydrogen-bond acceptors (Lipinski definition) is 11. The van der Waals surface area contributed by atoms with E-state index in [4.69, 9.17) is 28.4 Å². The lowest BCUT2D eigenvalue weighted by Gasteiger charge is -2.20. The molecule has 0 bridgehead atoms. The fraction of sp³-hybridized carbons (Fsp3) is 0.655. The molecule has 0 amide bonds. The van der Waals surface area contributed by atoms with Crippen LogP contribution < -0.4 is 14.8 Å². The van der Waals surface area contributed by atoms with Gasteiger partial charge in [-0.1, -0.05) is 39.7 Å². The molecule has 41 heavy (non-hydrogen) atoms. The van der Waals surface area contributed by atoms with Crippen LogP contribution in [0.25, 0.3) is 0 Å². The molecule has 0 saturated carbocycles. The third kappa shape index (κ3) is 14.6. The van der Waals surface area contributed by atoms with Crippen molar-refractivity contribution in [3.63, 3.8) is 0 Å². The molecule has 4 unspecified atom stereocenters. The number of aliphatic carboxylic acids is 1. The zero-order chi connectivity index (χ0) is 30.9. The zero-order valence-electron chi connectivity index (χ0n) is 25.1. The first-order chi connectivity index (χ1) is 19.4. The Morgan fingerprint density at radius 1 is 0.732 bits per heavy atom. The predicted molar refractivity (Wildman–Crippen MR) is 149 cm³/mol. The first-order valence-electron chi connectivity index (χ1n) is 14.1. The highest BCUT2D eigenvalue weighted by atomic mass is 16.8. The second-order valence-electron chi connectivity index (χ2n) is 9.94. The van der Waals surface area contributed by atoms with E-state index in [1.54, 1.807) is 27.7 Å². The van der Waals surface area contributed by atoms with Crippen LogP contribution in [0.3, 0.4) is 0 Å². The largest absolute Gasteiger partial charge is 0.514 e. The van der Waals surface area contributed by atoms with Gasteiger partial charge in [0, 0.05) is 6.54 Å². The Labute approximate surface area is 241 Å². The Balaban J connectivity index is 3.02. The Morgan fingerprint density at radius 3 is 1.76 bits per heavy atom. The highest BCUT2D eigenvalue weighted by Crippen LogP contribution is 2.30. The summed E-state index contributed by atoms with van der Waals surface area (Å²) in [6, 6.07) is 3.24. The maximum atomic E-state index is 12.4. The number of hydrogen-bond donors (Lipinski definition) is 2. The van der Waals surface area contributed by atoms with E-state index in [2.05, 4.69) is 5.32 Å². The molecule has 5 atom stereocenters. The lowest BCUT2D eigenvalue weighted by atomic mass is 10.0. The second-order valence-corrected chi connectivity index (χ2v) is 9.94. The summed E-state index contributed by atoms with van der Waals surface area (Å²) in [5.41, 5.74) is 0.458. The van der Waals surface area contributed by atoms with Crippen LogP contribution in [0.4, 0.5) is 14.4 Å². The van der Waals surface area contributed by atoms with Crippen LogP contribution in [-0.2, 0) is 30.2 Å². The second kappa shape index (κ2) is 18.7. The van der Waals surface area contributed by atoms with Gasteiger partial charge >= 0.3 is 24.4 Å². The van der Waals surface area contributed by atoms with Gasteiger partial charge < -0.3 is 38.8 Å². The van der Waals surface area contributed by atoms with Gasteiger partial charge in [0.15, 0.2) is 11.5 Å². The molecule has 0 aliphatic rings. The lowest BCUT2D eigenvalue weighted by Crippen LogP contribution is -2.42. The summed E-state index contributed by atoms with van der Waals surface area (Å²) >= 11 is 0. The first kappa shape index (κ1) is 35.5. The molecule has 0 aromatic heterocycles. The summed E-state index contributed by atoms with van der Waals surface area (Å²) in [6.45, 7) is 12.6. The Hall–Kier alpha value is -3.54. The highest BCUT2D eigenvalue weighted by Gasteiger charge is 2.23. The molecule has 12 nitrogen and oxygen atoms in total. The number of carboxylic acid groups (broad SMARTS) is 1. The average molecular weight is 584 g/mol.